The van der Waals surface area contributed by atoms with Gasteiger partial charge >= 0.3 is 0 Å². The van der Waals surface area contributed by atoms with Crippen molar-refractivity contribution < 1.29 is 18.7 Å². The molecule has 2 saturated carbocycles. The molecule has 3 aliphatic rings. The van der Waals surface area contributed by atoms with Gasteiger partial charge in [0.15, 0.2) is 0 Å². The van der Waals surface area contributed by atoms with Crippen molar-refractivity contribution in [2.24, 2.45) is 17.8 Å². The first-order chi connectivity index (χ1) is 19.3. The van der Waals surface area contributed by atoms with Crippen molar-refractivity contribution in [2.45, 2.75) is 71.4 Å². The number of nitrogens with zero attached hydrogens (tertiary/aromatic N) is 4. The fraction of sp³-hybridized carbons (Fsp3) is 0.552. The molecule has 4 heterocycles. The molecule has 3 aromatic heterocycles. The van der Waals surface area contributed by atoms with E-state index in [9.17, 15) is 9.59 Å². The van der Waals surface area contributed by atoms with Gasteiger partial charge in [-0.3, -0.25) is 19.4 Å². The minimum Gasteiger partial charge on any atom is -0.381 e. The highest BCUT2D eigenvalue weighted by Gasteiger charge is 2.48. The zero-order valence-corrected chi connectivity index (χ0v) is 23.2. The maximum atomic E-state index is 15.1. The Morgan fingerprint density at radius 3 is 2.38 bits per heavy atom. The summed E-state index contributed by atoms with van der Waals surface area (Å²) >= 11 is 0. The summed E-state index contributed by atoms with van der Waals surface area (Å²) in [5.41, 5.74) is 3.63. The van der Waals surface area contributed by atoms with E-state index >= 15 is 4.39 Å². The number of amides is 2. The molecule has 6 rings (SSSR count). The number of anilines is 1. The van der Waals surface area contributed by atoms with E-state index in [1.807, 2.05) is 18.5 Å². The van der Waals surface area contributed by atoms with Crippen LogP contribution >= 0.6 is 0 Å². The zero-order valence-electron chi connectivity index (χ0n) is 23.2. The predicted octanol–water partition coefficient (Wildman–Crippen LogP) is 4.26. The number of nitrogens with one attached hydrogen (secondary N) is 3. The molecule has 2 amide bonds. The Morgan fingerprint density at radius 2 is 1.77 bits per heavy atom. The highest BCUT2D eigenvalue weighted by atomic mass is 19.1. The standard InChI is InChI=1S/C29H36FN7O3/c1-15-24(16(2)36-35-15)21-8-9-23(32-27(21)30)33-29(39)26(25(18-4-5-18)19-6-7-19)34-28(38)22-14-31-37(17(22)3)20-10-12-40-13-11-20/h8-9,14,18-20,25-26H,4-7,10-13H2,1-3H3,(H,34,38)(H,35,36)(H,32,33,39)/t26-/m0/s1. The average Bonchev–Trinajstić information content (AvgIpc) is 3.88. The summed E-state index contributed by atoms with van der Waals surface area (Å²) in [6, 6.07) is 2.63. The van der Waals surface area contributed by atoms with Gasteiger partial charge < -0.3 is 15.4 Å². The van der Waals surface area contributed by atoms with E-state index in [1.165, 1.54) is 0 Å². The van der Waals surface area contributed by atoms with Crippen LogP contribution in [-0.2, 0) is 9.53 Å². The monoisotopic (exact) mass is 549 g/mol. The van der Waals surface area contributed by atoms with Crippen LogP contribution < -0.4 is 10.6 Å². The fourth-order valence-electron chi connectivity index (χ4n) is 6.23. The Bertz CT molecular complexity index is 1390. The summed E-state index contributed by atoms with van der Waals surface area (Å²) in [6.45, 7) is 6.86. The molecule has 0 unspecified atom stereocenters. The molecule has 1 aliphatic heterocycles. The van der Waals surface area contributed by atoms with Crippen LogP contribution in [0.15, 0.2) is 18.3 Å². The SMILES string of the molecule is Cc1n[nH]c(C)c1-c1ccc(NC(=O)[C@@H](NC(=O)c2cnn(C3CCOCC3)c2C)C(C2CC2)C2CC2)nc1F. The fourth-order valence-corrected chi connectivity index (χ4v) is 6.23. The Kier molecular flexibility index (Phi) is 7.16. The largest absolute Gasteiger partial charge is 0.381 e. The number of hydrogen-bond acceptors (Lipinski definition) is 6. The molecule has 0 aromatic carbocycles. The van der Waals surface area contributed by atoms with Crippen LogP contribution in [0.4, 0.5) is 10.2 Å². The second kappa shape index (κ2) is 10.8. The lowest BCUT2D eigenvalue weighted by Gasteiger charge is -2.27. The molecule has 1 saturated heterocycles. The number of aromatic amines is 1. The normalized spacial score (nSPS) is 18.6. The third kappa shape index (κ3) is 5.26. The molecule has 3 aromatic rings. The van der Waals surface area contributed by atoms with Crippen LogP contribution in [0.25, 0.3) is 11.1 Å². The number of aryl methyl sites for hydroxylation is 2. The van der Waals surface area contributed by atoms with Crippen molar-refractivity contribution in [3.05, 3.63) is 46.9 Å². The van der Waals surface area contributed by atoms with Gasteiger partial charge in [-0.25, -0.2) is 4.98 Å². The number of hydrogen-bond donors (Lipinski definition) is 3. The number of ether oxygens (including phenoxy) is 1. The third-order valence-corrected chi connectivity index (χ3v) is 8.61. The van der Waals surface area contributed by atoms with Crippen molar-refractivity contribution in [1.82, 2.24) is 30.3 Å². The summed E-state index contributed by atoms with van der Waals surface area (Å²) in [7, 11) is 0. The molecule has 2 aliphatic carbocycles. The number of pyridine rings is 1. The number of rotatable bonds is 9. The van der Waals surface area contributed by atoms with Gasteiger partial charge in [-0.15, -0.1) is 0 Å². The molecule has 0 radical (unpaired) electrons. The lowest BCUT2D eigenvalue weighted by Crippen LogP contribution is -2.50. The first-order valence-corrected chi connectivity index (χ1v) is 14.2. The van der Waals surface area contributed by atoms with Gasteiger partial charge in [0.2, 0.25) is 11.9 Å². The summed E-state index contributed by atoms with van der Waals surface area (Å²) in [4.78, 5) is 31.3. The molecule has 40 heavy (non-hydrogen) atoms. The van der Waals surface area contributed by atoms with E-state index in [0.29, 0.717) is 47.4 Å². The second-order valence-electron chi connectivity index (χ2n) is 11.5. The van der Waals surface area contributed by atoms with Gasteiger partial charge in [-0.1, -0.05) is 0 Å². The Morgan fingerprint density at radius 1 is 1.07 bits per heavy atom. The van der Waals surface area contributed by atoms with E-state index < -0.39 is 12.0 Å². The quantitative estimate of drug-likeness (QED) is 0.343. The molecule has 10 nitrogen and oxygen atoms in total. The van der Waals surface area contributed by atoms with Gasteiger partial charge in [0.25, 0.3) is 5.91 Å². The lowest BCUT2D eigenvalue weighted by molar-refractivity contribution is -0.119. The Labute approximate surface area is 232 Å². The van der Waals surface area contributed by atoms with Crippen molar-refractivity contribution in [3.8, 4) is 11.1 Å². The molecule has 0 spiro atoms. The maximum absolute atomic E-state index is 15.1. The number of halogens is 1. The first kappa shape index (κ1) is 26.6. The van der Waals surface area contributed by atoms with Gasteiger partial charge in [0.05, 0.1) is 23.5 Å². The van der Waals surface area contributed by atoms with Crippen molar-refractivity contribution in [3.63, 3.8) is 0 Å². The topological polar surface area (TPSA) is 127 Å². The number of carbonyl (C=O) groups is 2. The smallest absolute Gasteiger partial charge is 0.255 e. The van der Waals surface area contributed by atoms with Crippen molar-refractivity contribution in [2.75, 3.05) is 18.5 Å². The molecule has 3 fully saturated rings. The van der Waals surface area contributed by atoms with Crippen molar-refractivity contribution >= 4 is 17.6 Å². The van der Waals surface area contributed by atoms with Crippen LogP contribution in [0.1, 0.15) is 72.0 Å². The van der Waals surface area contributed by atoms with Crippen LogP contribution in [0.2, 0.25) is 0 Å². The van der Waals surface area contributed by atoms with Gasteiger partial charge in [-0.2, -0.15) is 14.6 Å². The van der Waals surface area contributed by atoms with Crippen LogP contribution in [0.5, 0.6) is 0 Å². The molecule has 11 heteroatoms. The highest BCUT2D eigenvalue weighted by molar-refractivity contribution is 6.01. The maximum Gasteiger partial charge on any atom is 0.255 e. The van der Waals surface area contributed by atoms with E-state index in [2.05, 4.69) is 30.9 Å². The summed E-state index contributed by atoms with van der Waals surface area (Å²) in [5, 5.41) is 17.4. The highest BCUT2D eigenvalue weighted by Crippen LogP contribution is 2.51. The van der Waals surface area contributed by atoms with E-state index in [4.69, 9.17) is 4.74 Å². The third-order valence-electron chi connectivity index (χ3n) is 8.61. The van der Waals surface area contributed by atoms with Crippen molar-refractivity contribution in [1.29, 1.82) is 0 Å². The summed E-state index contributed by atoms with van der Waals surface area (Å²) in [5.74, 6) is -0.441. The van der Waals surface area contributed by atoms with Gasteiger partial charge in [0.1, 0.15) is 11.9 Å². The summed E-state index contributed by atoms with van der Waals surface area (Å²) in [6.07, 6.45) is 7.48. The van der Waals surface area contributed by atoms with Crippen LogP contribution in [-0.4, -0.2) is 56.0 Å². The van der Waals surface area contributed by atoms with E-state index in [0.717, 1.165) is 49.9 Å². The van der Waals surface area contributed by atoms with Crippen LogP contribution in [0.3, 0.4) is 0 Å². The Hall–Kier alpha value is -3.60. The molecule has 0 bridgehead atoms. The Balaban J connectivity index is 1.23. The van der Waals surface area contributed by atoms with E-state index in [-0.39, 0.29) is 29.6 Å². The number of carbonyl (C=O) groups excluding carboxylic acids is 2. The zero-order chi connectivity index (χ0) is 28.0. The minimum atomic E-state index is -0.749. The van der Waals surface area contributed by atoms with Gasteiger partial charge in [-0.05, 0) is 89.2 Å². The summed E-state index contributed by atoms with van der Waals surface area (Å²) < 4.78 is 22.5. The van der Waals surface area contributed by atoms with Gasteiger partial charge in [0, 0.05) is 35.7 Å². The molecule has 212 valence electrons. The molecular formula is C29H36FN7O3. The average molecular weight is 550 g/mol. The number of aromatic nitrogens is 5. The predicted molar refractivity (Wildman–Crippen MR) is 146 cm³/mol. The molecular weight excluding hydrogens is 513 g/mol. The minimum absolute atomic E-state index is 0.0372. The molecule has 1 atom stereocenters. The van der Waals surface area contributed by atoms with E-state index in [1.54, 1.807) is 25.3 Å². The lowest BCUT2D eigenvalue weighted by atomic mass is 9.88. The van der Waals surface area contributed by atoms with Crippen LogP contribution in [0, 0.1) is 44.5 Å². The first-order valence-electron chi connectivity index (χ1n) is 14.2. The second-order valence-corrected chi connectivity index (χ2v) is 11.5. The molecule has 3 N–H and O–H groups in total. The number of H-pyrrole nitrogens is 1.